The molecule has 0 radical (unpaired) electrons. The average Bonchev–Trinajstić information content (AvgIpc) is 2.83. The van der Waals surface area contributed by atoms with Gasteiger partial charge in [0.25, 0.3) is 11.8 Å². The molecule has 0 fully saturated rings. The molecule has 0 aliphatic rings. The van der Waals surface area contributed by atoms with E-state index in [2.05, 4.69) is 10.6 Å². The van der Waals surface area contributed by atoms with Gasteiger partial charge in [0.15, 0.2) is 0 Å². The molecule has 0 saturated carbocycles. The van der Waals surface area contributed by atoms with Crippen molar-refractivity contribution in [3.8, 4) is 11.1 Å². The number of hydrogen-bond donors (Lipinski definition) is 5. The summed E-state index contributed by atoms with van der Waals surface area (Å²) in [6.45, 7) is 1.19. The Labute approximate surface area is 185 Å². The van der Waals surface area contributed by atoms with Crippen LogP contribution >= 0.6 is 0 Å². The van der Waals surface area contributed by atoms with E-state index >= 15 is 0 Å². The van der Waals surface area contributed by atoms with E-state index in [1.54, 1.807) is 24.3 Å². The van der Waals surface area contributed by atoms with E-state index in [-0.39, 0.29) is 12.4 Å². The van der Waals surface area contributed by atoms with Crippen LogP contribution in [0.1, 0.15) is 21.5 Å². The van der Waals surface area contributed by atoms with E-state index in [4.69, 9.17) is 10.9 Å². The summed E-state index contributed by atoms with van der Waals surface area (Å²) in [4.78, 5) is 23.7. The van der Waals surface area contributed by atoms with Gasteiger partial charge in [0, 0.05) is 25.2 Å². The highest BCUT2D eigenvalue weighted by Gasteiger charge is 2.19. The maximum atomic E-state index is 13.0. The zero-order valence-electron chi connectivity index (χ0n) is 17.3. The highest BCUT2D eigenvalue weighted by atomic mass is 19.1. The fourth-order valence-corrected chi connectivity index (χ4v) is 3.13. The minimum absolute atomic E-state index is 0.138. The molecule has 166 valence electrons. The monoisotopic (exact) mass is 436 g/mol. The normalized spacial score (nSPS) is 11.6. The molecule has 0 unspecified atom stereocenters. The molecule has 6 N–H and O–H groups in total. The maximum absolute atomic E-state index is 13.0. The summed E-state index contributed by atoms with van der Waals surface area (Å²) in [6.07, 6.45) is 0. The number of halogens is 1. The topological polar surface area (TPSA) is 116 Å². The fraction of sp³-hybridized carbons (Fsp3) is 0.167. The van der Waals surface area contributed by atoms with Crippen LogP contribution in [0.5, 0.6) is 0 Å². The second-order valence-electron chi connectivity index (χ2n) is 7.24. The lowest BCUT2D eigenvalue weighted by atomic mass is 10.0. The first-order valence-corrected chi connectivity index (χ1v) is 10.1. The fourth-order valence-electron chi connectivity index (χ4n) is 3.13. The molecule has 3 rings (SSSR count). The van der Waals surface area contributed by atoms with Gasteiger partial charge in [-0.3, -0.25) is 14.8 Å². The highest BCUT2D eigenvalue weighted by Crippen LogP contribution is 2.20. The second kappa shape index (κ2) is 11.1. The Morgan fingerprint density at radius 1 is 0.844 bits per heavy atom. The van der Waals surface area contributed by atoms with Crippen LogP contribution in [0.2, 0.25) is 0 Å². The van der Waals surface area contributed by atoms with E-state index in [0.717, 1.165) is 22.3 Å². The third-order valence-corrected chi connectivity index (χ3v) is 4.97. The number of benzene rings is 3. The molecular formula is C24H25FN4O3. The molecule has 0 saturated heterocycles. The number of nitrogens with one attached hydrogen (secondary N) is 3. The van der Waals surface area contributed by atoms with Gasteiger partial charge in [-0.15, -0.1) is 0 Å². The van der Waals surface area contributed by atoms with Crippen molar-refractivity contribution in [3.63, 3.8) is 0 Å². The van der Waals surface area contributed by atoms with Crippen molar-refractivity contribution in [1.29, 1.82) is 0 Å². The third kappa shape index (κ3) is 6.21. The number of hydroxylamine groups is 1. The number of hydrogen-bond acceptors (Lipinski definition) is 5. The minimum Gasteiger partial charge on any atom is -0.339 e. The number of nitrogens with two attached hydrogens (primary N) is 1. The summed E-state index contributed by atoms with van der Waals surface area (Å²) in [6, 6.07) is 20.4. The summed E-state index contributed by atoms with van der Waals surface area (Å²) in [5.74, 6) is -1.48. The van der Waals surface area contributed by atoms with Crippen LogP contribution in [-0.2, 0) is 17.9 Å². The molecule has 0 spiro atoms. The van der Waals surface area contributed by atoms with Crippen molar-refractivity contribution in [2.24, 2.45) is 5.73 Å². The van der Waals surface area contributed by atoms with Gasteiger partial charge in [-0.05, 0) is 46.5 Å². The predicted molar refractivity (Wildman–Crippen MR) is 119 cm³/mol. The van der Waals surface area contributed by atoms with Crippen LogP contribution in [0, 0.1) is 5.82 Å². The van der Waals surface area contributed by atoms with Gasteiger partial charge in [0.1, 0.15) is 11.9 Å². The smallest absolute Gasteiger partial charge is 0.267 e. The molecule has 3 aromatic carbocycles. The van der Waals surface area contributed by atoms with Gasteiger partial charge in [-0.25, -0.2) is 9.87 Å². The Kier molecular flexibility index (Phi) is 8.04. The van der Waals surface area contributed by atoms with Gasteiger partial charge in [0.2, 0.25) is 0 Å². The Bertz CT molecular complexity index is 1040. The van der Waals surface area contributed by atoms with Gasteiger partial charge < -0.3 is 16.4 Å². The van der Waals surface area contributed by atoms with Crippen LogP contribution in [0.3, 0.4) is 0 Å². The van der Waals surface area contributed by atoms with Crippen LogP contribution in [0.25, 0.3) is 11.1 Å². The van der Waals surface area contributed by atoms with Crippen LogP contribution < -0.4 is 21.8 Å². The van der Waals surface area contributed by atoms with Crippen molar-refractivity contribution < 1.29 is 19.2 Å². The summed E-state index contributed by atoms with van der Waals surface area (Å²) in [5, 5.41) is 14.5. The van der Waals surface area contributed by atoms with Crippen molar-refractivity contribution >= 4 is 11.8 Å². The molecule has 0 aromatic heterocycles. The van der Waals surface area contributed by atoms with Crippen LogP contribution in [-0.4, -0.2) is 29.6 Å². The zero-order chi connectivity index (χ0) is 22.9. The molecular weight excluding hydrogens is 411 g/mol. The Morgan fingerprint density at radius 3 is 1.84 bits per heavy atom. The average molecular weight is 436 g/mol. The van der Waals surface area contributed by atoms with Crippen molar-refractivity contribution in [3.05, 3.63) is 95.3 Å². The van der Waals surface area contributed by atoms with E-state index in [1.165, 1.54) is 17.6 Å². The SMILES string of the molecule is NC[C@H](NC(=O)c1ccc(-c2ccc(CNCc3ccc(F)cc3)cc2)cc1)C(=O)NO. The van der Waals surface area contributed by atoms with Crippen LogP contribution in [0.4, 0.5) is 4.39 Å². The maximum Gasteiger partial charge on any atom is 0.267 e. The molecule has 32 heavy (non-hydrogen) atoms. The quantitative estimate of drug-likeness (QED) is 0.261. The summed E-state index contributed by atoms with van der Waals surface area (Å²) < 4.78 is 13.0. The van der Waals surface area contributed by atoms with Crippen molar-refractivity contribution in [2.75, 3.05) is 6.54 Å². The molecule has 0 heterocycles. The third-order valence-electron chi connectivity index (χ3n) is 4.97. The summed E-state index contributed by atoms with van der Waals surface area (Å²) in [7, 11) is 0. The Morgan fingerprint density at radius 2 is 1.34 bits per heavy atom. The van der Waals surface area contributed by atoms with Crippen LogP contribution in [0.15, 0.2) is 72.8 Å². The van der Waals surface area contributed by atoms with Crippen molar-refractivity contribution in [1.82, 2.24) is 16.1 Å². The number of rotatable bonds is 9. The lowest BCUT2D eigenvalue weighted by molar-refractivity contribution is -0.130. The highest BCUT2D eigenvalue weighted by molar-refractivity contribution is 5.97. The molecule has 8 heteroatoms. The number of carbonyl (C=O) groups is 2. The minimum atomic E-state index is -1.02. The second-order valence-corrected chi connectivity index (χ2v) is 7.24. The molecule has 0 aliphatic heterocycles. The standard InChI is InChI=1S/C24H25FN4O3/c25-21-11-3-17(4-12-21)15-27-14-16-1-5-18(6-2-16)19-7-9-20(10-8-19)23(30)28-22(13-26)24(31)29-32/h1-12,22,27,32H,13-15,26H2,(H,28,30)(H,29,31)/t22-/m0/s1. The van der Waals surface area contributed by atoms with E-state index in [1.807, 2.05) is 36.4 Å². The lowest BCUT2D eigenvalue weighted by Crippen LogP contribution is -2.50. The molecule has 1 atom stereocenters. The molecule has 2 amide bonds. The first-order chi connectivity index (χ1) is 15.5. The molecule has 7 nitrogen and oxygen atoms in total. The zero-order valence-corrected chi connectivity index (χ0v) is 17.3. The molecule has 0 bridgehead atoms. The van der Waals surface area contributed by atoms with Gasteiger partial charge in [-0.2, -0.15) is 0 Å². The summed E-state index contributed by atoms with van der Waals surface area (Å²) >= 11 is 0. The first kappa shape index (κ1) is 23.1. The number of carbonyl (C=O) groups excluding carboxylic acids is 2. The van der Waals surface area contributed by atoms with E-state index < -0.39 is 17.9 Å². The molecule has 0 aliphatic carbocycles. The molecule has 3 aromatic rings. The van der Waals surface area contributed by atoms with E-state index in [0.29, 0.717) is 18.7 Å². The summed E-state index contributed by atoms with van der Waals surface area (Å²) in [5.41, 5.74) is 11.4. The lowest BCUT2D eigenvalue weighted by Gasteiger charge is -2.14. The Balaban J connectivity index is 1.55. The predicted octanol–water partition coefficient (Wildman–Crippen LogP) is 2.34. The van der Waals surface area contributed by atoms with Gasteiger partial charge in [0.05, 0.1) is 0 Å². The largest absolute Gasteiger partial charge is 0.339 e. The van der Waals surface area contributed by atoms with Gasteiger partial charge in [-0.1, -0.05) is 48.5 Å². The number of amides is 2. The van der Waals surface area contributed by atoms with Crippen molar-refractivity contribution in [2.45, 2.75) is 19.1 Å². The van der Waals surface area contributed by atoms with Gasteiger partial charge >= 0.3 is 0 Å². The Hall–Kier alpha value is -3.59. The van der Waals surface area contributed by atoms with E-state index in [9.17, 15) is 14.0 Å². The first-order valence-electron chi connectivity index (χ1n) is 10.1.